The van der Waals surface area contributed by atoms with Crippen LogP contribution in [0.5, 0.6) is 0 Å². The Kier molecular flexibility index (Phi) is 6.27. The summed E-state index contributed by atoms with van der Waals surface area (Å²) in [7, 11) is 0. The van der Waals surface area contributed by atoms with E-state index in [4.69, 9.17) is 14.4 Å². The summed E-state index contributed by atoms with van der Waals surface area (Å²) >= 11 is 0. The number of rotatable bonds is 4. The first-order chi connectivity index (χ1) is 27.3. The molecular formula is C50H30N4O. The summed E-state index contributed by atoms with van der Waals surface area (Å²) in [5.74, 6) is 1.51. The van der Waals surface area contributed by atoms with Gasteiger partial charge in [0.1, 0.15) is 17.0 Å². The zero-order valence-electron chi connectivity index (χ0n) is 29.5. The molecule has 0 fully saturated rings. The smallest absolute Gasteiger partial charge is 0.162 e. The van der Waals surface area contributed by atoms with Crippen LogP contribution in [0.1, 0.15) is 0 Å². The van der Waals surface area contributed by atoms with E-state index in [0.717, 1.165) is 72.1 Å². The normalized spacial score (nSPS) is 12.0. The van der Waals surface area contributed by atoms with Gasteiger partial charge in [0.15, 0.2) is 5.82 Å². The first kappa shape index (κ1) is 30.0. The van der Waals surface area contributed by atoms with E-state index in [0.29, 0.717) is 5.82 Å². The second-order valence-electron chi connectivity index (χ2n) is 14.2. The summed E-state index contributed by atoms with van der Waals surface area (Å²) in [4.78, 5) is 10.6. The molecule has 0 bridgehead atoms. The van der Waals surface area contributed by atoms with Crippen LogP contribution in [0.3, 0.4) is 0 Å². The average Bonchev–Trinajstić information content (AvgIpc) is 3.91. The number of para-hydroxylation sites is 5. The SMILES string of the molecule is c1ccc(-n2c3ccccc3c3cc(-c4ccc5oc6cccc(-c7nc(-n8c9ccccc9c9ccccc98)c8ccccc8n7)c6c5c4)ccc32)cc1. The summed E-state index contributed by atoms with van der Waals surface area (Å²) in [6.45, 7) is 0. The standard InChI is InChI=1S/C50H30N4O/c1-2-13-33(14-3-1)53-42-21-9-7-17-36(42)39-29-31(25-27-45(39)53)32-26-28-46-40(30-32)48-38(19-12-24-47(48)55-46)49-51-41-20-8-4-18-37(41)50(52-49)54-43-22-10-5-15-34(43)35-16-6-11-23-44(35)54/h1-30H. The Morgan fingerprint density at radius 2 is 0.964 bits per heavy atom. The van der Waals surface area contributed by atoms with Gasteiger partial charge in [0.25, 0.3) is 0 Å². The van der Waals surface area contributed by atoms with Gasteiger partial charge < -0.3 is 8.98 Å². The largest absolute Gasteiger partial charge is 0.456 e. The molecule has 5 nitrogen and oxygen atoms in total. The maximum Gasteiger partial charge on any atom is 0.162 e. The third kappa shape index (κ3) is 4.41. The number of nitrogens with zero attached hydrogens (tertiary/aromatic N) is 4. The van der Waals surface area contributed by atoms with E-state index in [2.05, 4.69) is 173 Å². The Morgan fingerprint density at radius 3 is 1.71 bits per heavy atom. The molecule has 0 amide bonds. The van der Waals surface area contributed by atoms with Crippen molar-refractivity contribution in [2.75, 3.05) is 0 Å². The van der Waals surface area contributed by atoms with E-state index >= 15 is 0 Å². The second-order valence-corrected chi connectivity index (χ2v) is 14.2. The van der Waals surface area contributed by atoms with E-state index in [1.807, 2.05) is 18.2 Å². The van der Waals surface area contributed by atoms with Crippen LogP contribution in [0, 0.1) is 0 Å². The van der Waals surface area contributed by atoms with Gasteiger partial charge in [-0.15, -0.1) is 0 Å². The maximum absolute atomic E-state index is 6.53. The van der Waals surface area contributed by atoms with Crippen molar-refractivity contribution >= 4 is 76.5 Å². The highest BCUT2D eigenvalue weighted by Crippen LogP contribution is 2.41. The van der Waals surface area contributed by atoms with Crippen molar-refractivity contribution in [3.63, 3.8) is 0 Å². The summed E-state index contributed by atoms with van der Waals surface area (Å²) in [6, 6.07) is 64.2. The Labute approximate surface area is 315 Å². The maximum atomic E-state index is 6.53. The van der Waals surface area contributed by atoms with Crippen molar-refractivity contribution in [2.24, 2.45) is 0 Å². The molecule has 0 aliphatic heterocycles. The molecular weight excluding hydrogens is 673 g/mol. The predicted molar refractivity (Wildman–Crippen MR) is 226 cm³/mol. The van der Waals surface area contributed by atoms with Gasteiger partial charge >= 0.3 is 0 Å². The molecule has 0 spiro atoms. The molecule has 12 rings (SSSR count). The van der Waals surface area contributed by atoms with Crippen LogP contribution in [0.15, 0.2) is 186 Å². The van der Waals surface area contributed by atoms with E-state index in [1.54, 1.807) is 0 Å². The first-order valence-electron chi connectivity index (χ1n) is 18.6. The van der Waals surface area contributed by atoms with Gasteiger partial charge in [0, 0.05) is 49.0 Å². The summed E-state index contributed by atoms with van der Waals surface area (Å²) in [6.07, 6.45) is 0. The molecule has 12 aromatic rings. The van der Waals surface area contributed by atoms with Crippen molar-refractivity contribution in [3.05, 3.63) is 182 Å². The van der Waals surface area contributed by atoms with Crippen molar-refractivity contribution < 1.29 is 4.42 Å². The van der Waals surface area contributed by atoms with Gasteiger partial charge in [-0.05, 0) is 83.9 Å². The highest BCUT2D eigenvalue weighted by atomic mass is 16.3. The number of hydrogen-bond donors (Lipinski definition) is 0. The Balaban J connectivity index is 1.07. The van der Waals surface area contributed by atoms with Gasteiger partial charge in [0.05, 0.1) is 27.6 Å². The fraction of sp³-hybridized carbons (Fsp3) is 0. The molecule has 0 aliphatic carbocycles. The molecule has 55 heavy (non-hydrogen) atoms. The lowest BCUT2D eigenvalue weighted by Gasteiger charge is -2.13. The summed E-state index contributed by atoms with van der Waals surface area (Å²) < 4.78 is 11.2. The van der Waals surface area contributed by atoms with Crippen LogP contribution in [0.4, 0.5) is 0 Å². The zero-order valence-corrected chi connectivity index (χ0v) is 29.5. The number of benzene rings is 8. The molecule has 4 heterocycles. The fourth-order valence-electron chi connectivity index (χ4n) is 8.70. The lowest BCUT2D eigenvalue weighted by molar-refractivity contribution is 0.669. The Hall–Kier alpha value is -7.50. The Bertz CT molecular complexity index is 3440. The van der Waals surface area contributed by atoms with Gasteiger partial charge in [-0.25, -0.2) is 9.97 Å². The van der Waals surface area contributed by atoms with Gasteiger partial charge in [-0.2, -0.15) is 0 Å². The molecule has 0 radical (unpaired) electrons. The predicted octanol–water partition coefficient (Wildman–Crippen LogP) is 13.1. The molecule has 0 saturated heterocycles. The molecule has 5 heteroatoms. The van der Waals surface area contributed by atoms with Crippen LogP contribution in [0.2, 0.25) is 0 Å². The minimum atomic E-state index is 0.657. The molecule has 0 unspecified atom stereocenters. The highest BCUT2D eigenvalue weighted by molar-refractivity contribution is 6.15. The topological polar surface area (TPSA) is 48.8 Å². The molecule has 0 N–H and O–H groups in total. The van der Waals surface area contributed by atoms with Crippen LogP contribution >= 0.6 is 0 Å². The van der Waals surface area contributed by atoms with Gasteiger partial charge in [-0.1, -0.05) is 109 Å². The summed E-state index contributed by atoms with van der Waals surface area (Å²) in [5.41, 5.74) is 11.5. The lowest BCUT2D eigenvalue weighted by atomic mass is 9.99. The molecule has 0 atom stereocenters. The minimum absolute atomic E-state index is 0.657. The Morgan fingerprint density at radius 1 is 0.382 bits per heavy atom. The van der Waals surface area contributed by atoms with E-state index in [1.165, 1.54) is 32.6 Å². The molecule has 256 valence electrons. The minimum Gasteiger partial charge on any atom is -0.456 e. The monoisotopic (exact) mass is 702 g/mol. The van der Waals surface area contributed by atoms with Crippen molar-refractivity contribution in [3.8, 4) is 34.0 Å². The quantitative estimate of drug-likeness (QED) is 0.183. The second kappa shape index (κ2) is 11.5. The number of hydrogen-bond acceptors (Lipinski definition) is 3. The molecule has 0 aliphatic rings. The van der Waals surface area contributed by atoms with Crippen LogP contribution < -0.4 is 0 Å². The number of fused-ring (bicyclic) bond motifs is 10. The summed E-state index contributed by atoms with van der Waals surface area (Å²) in [5, 5.41) is 7.87. The lowest BCUT2D eigenvalue weighted by Crippen LogP contribution is -2.02. The van der Waals surface area contributed by atoms with Crippen molar-refractivity contribution in [1.82, 2.24) is 19.1 Å². The third-order valence-corrected chi connectivity index (χ3v) is 11.1. The van der Waals surface area contributed by atoms with Gasteiger partial charge in [-0.3, -0.25) is 4.57 Å². The molecule has 0 saturated carbocycles. The number of furan rings is 1. The van der Waals surface area contributed by atoms with E-state index < -0.39 is 0 Å². The first-order valence-corrected chi connectivity index (χ1v) is 18.6. The third-order valence-electron chi connectivity index (χ3n) is 11.1. The average molecular weight is 703 g/mol. The van der Waals surface area contributed by atoms with Crippen molar-refractivity contribution in [1.29, 1.82) is 0 Å². The van der Waals surface area contributed by atoms with E-state index in [9.17, 15) is 0 Å². The van der Waals surface area contributed by atoms with Gasteiger partial charge in [0.2, 0.25) is 0 Å². The molecule has 4 aromatic heterocycles. The fourth-order valence-corrected chi connectivity index (χ4v) is 8.70. The molecule has 8 aromatic carbocycles. The highest BCUT2D eigenvalue weighted by Gasteiger charge is 2.21. The number of aromatic nitrogens is 4. The van der Waals surface area contributed by atoms with Crippen molar-refractivity contribution in [2.45, 2.75) is 0 Å². The van der Waals surface area contributed by atoms with Crippen LogP contribution in [0.25, 0.3) is 110 Å². The van der Waals surface area contributed by atoms with Crippen LogP contribution in [-0.2, 0) is 0 Å². The van der Waals surface area contributed by atoms with Crippen LogP contribution in [-0.4, -0.2) is 19.1 Å². The zero-order chi connectivity index (χ0) is 36.0. The van der Waals surface area contributed by atoms with E-state index in [-0.39, 0.29) is 0 Å².